The molecule has 0 radical (unpaired) electrons. The molecule has 0 aliphatic rings. The molecule has 0 aliphatic carbocycles. The Morgan fingerprint density at radius 1 is 1.00 bits per heavy atom. The second kappa shape index (κ2) is 8.35. The molecule has 0 spiro atoms. The first-order valence-electron chi connectivity index (χ1n) is 8.18. The summed E-state index contributed by atoms with van der Waals surface area (Å²) in [4.78, 5) is 38.0. The van der Waals surface area contributed by atoms with Gasteiger partial charge in [0.05, 0.1) is 6.21 Å². The van der Waals surface area contributed by atoms with Gasteiger partial charge >= 0.3 is 5.69 Å². The van der Waals surface area contributed by atoms with Crippen molar-refractivity contribution in [2.45, 2.75) is 4.90 Å². The topological polar surface area (TPSA) is 153 Å². The Balaban J connectivity index is 1.68. The minimum absolute atomic E-state index is 0.125. The molecule has 0 aliphatic heterocycles. The second-order valence-corrected chi connectivity index (χ2v) is 7.38. The van der Waals surface area contributed by atoms with Crippen LogP contribution in [0.15, 0.2) is 80.4 Å². The van der Waals surface area contributed by atoms with Crippen LogP contribution in [0.25, 0.3) is 0 Å². The van der Waals surface area contributed by atoms with E-state index in [2.05, 4.69) is 20.2 Å². The molecule has 3 rings (SSSR count). The van der Waals surface area contributed by atoms with Gasteiger partial charge in [0.15, 0.2) is 4.90 Å². The van der Waals surface area contributed by atoms with Crippen LogP contribution in [0.5, 0.6) is 0 Å². The first-order chi connectivity index (χ1) is 13.8. The van der Waals surface area contributed by atoms with Crippen molar-refractivity contribution < 1.29 is 13.2 Å². The molecule has 3 aromatic rings. The van der Waals surface area contributed by atoms with Crippen molar-refractivity contribution in [3.05, 3.63) is 92.8 Å². The van der Waals surface area contributed by atoms with Crippen molar-refractivity contribution in [3.63, 3.8) is 0 Å². The van der Waals surface area contributed by atoms with Gasteiger partial charge in [0.2, 0.25) is 0 Å². The standard InChI is InChI=1S/C18H15N5O5S/c24-16(22-20-10-12-4-2-1-3-5-12)13-6-8-14(9-7-13)23-29(27,28)15-11-19-18(26)21-17(15)25/h1-11,23H,(H,22,24)(H2,19,21,25,26)/b20-10+. The minimum atomic E-state index is -4.23. The molecule has 1 amide bonds. The van der Waals surface area contributed by atoms with Gasteiger partial charge in [0.1, 0.15) is 0 Å². The summed E-state index contributed by atoms with van der Waals surface area (Å²) in [5.41, 5.74) is 1.69. The molecule has 0 atom stereocenters. The molecule has 11 heteroatoms. The summed E-state index contributed by atoms with van der Waals surface area (Å²) >= 11 is 0. The summed E-state index contributed by atoms with van der Waals surface area (Å²) in [7, 11) is -4.23. The van der Waals surface area contributed by atoms with Gasteiger partial charge in [-0.15, -0.1) is 0 Å². The first kappa shape index (κ1) is 19.8. The van der Waals surface area contributed by atoms with Crippen LogP contribution < -0.4 is 21.4 Å². The van der Waals surface area contributed by atoms with Crippen LogP contribution in [0.2, 0.25) is 0 Å². The lowest BCUT2D eigenvalue weighted by Crippen LogP contribution is -2.29. The molecule has 0 saturated heterocycles. The maximum atomic E-state index is 12.3. The van der Waals surface area contributed by atoms with Crippen LogP contribution in [-0.2, 0) is 10.0 Å². The van der Waals surface area contributed by atoms with E-state index in [1.807, 2.05) is 35.3 Å². The minimum Gasteiger partial charge on any atom is -0.313 e. The van der Waals surface area contributed by atoms with Crippen LogP contribution in [-0.4, -0.2) is 30.5 Å². The molecule has 10 nitrogen and oxygen atoms in total. The van der Waals surface area contributed by atoms with E-state index in [4.69, 9.17) is 0 Å². The Morgan fingerprint density at radius 3 is 2.34 bits per heavy atom. The van der Waals surface area contributed by atoms with E-state index < -0.39 is 32.1 Å². The number of amides is 1. The maximum Gasteiger partial charge on any atom is 0.325 e. The lowest BCUT2D eigenvalue weighted by molar-refractivity contribution is 0.0955. The summed E-state index contributed by atoms with van der Waals surface area (Å²) in [6.07, 6.45) is 2.29. The predicted octanol–water partition coefficient (Wildman–Crippen LogP) is 0.628. The maximum absolute atomic E-state index is 12.3. The third kappa shape index (κ3) is 5.05. The normalized spacial score (nSPS) is 11.3. The van der Waals surface area contributed by atoms with Gasteiger partial charge < -0.3 is 4.98 Å². The SMILES string of the molecule is O=C(N/N=C/c1ccccc1)c1ccc(NS(=O)(=O)c2c[nH]c(=O)[nH]c2=O)cc1. The summed E-state index contributed by atoms with van der Waals surface area (Å²) in [6.45, 7) is 0. The van der Waals surface area contributed by atoms with Crippen LogP contribution >= 0.6 is 0 Å². The van der Waals surface area contributed by atoms with Crippen LogP contribution in [0.3, 0.4) is 0 Å². The molecule has 1 aromatic heterocycles. The van der Waals surface area contributed by atoms with Gasteiger partial charge in [0.25, 0.3) is 21.5 Å². The molecule has 4 N–H and O–H groups in total. The van der Waals surface area contributed by atoms with Crippen LogP contribution in [0.4, 0.5) is 5.69 Å². The number of rotatable bonds is 6. The van der Waals surface area contributed by atoms with Crippen LogP contribution in [0, 0.1) is 0 Å². The van der Waals surface area contributed by atoms with Crippen molar-refractivity contribution in [2.24, 2.45) is 5.10 Å². The number of nitrogens with one attached hydrogen (secondary N) is 4. The van der Waals surface area contributed by atoms with E-state index in [1.165, 1.54) is 30.5 Å². The number of hydrazone groups is 1. The van der Waals surface area contributed by atoms with E-state index >= 15 is 0 Å². The van der Waals surface area contributed by atoms with Crippen molar-refractivity contribution in [1.29, 1.82) is 0 Å². The average Bonchev–Trinajstić information content (AvgIpc) is 2.68. The number of sulfonamides is 1. The van der Waals surface area contributed by atoms with Gasteiger partial charge in [-0.1, -0.05) is 30.3 Å². The fourth-order valence-corrected chi connectivity index (χ4v) is 3.33. The third-order valence-electron chi connectivity index (χ3n) is 3.65. The Morgan fingerprint density at radius 2 is 1.69 bits per heavy atom. The number of aromatic nitrogens is 2. The smallest absolute Gasteiger partial charge is 0.313 e. The molecule has 148 valence electrons. The lowest BCUT2D eigenvalue weighted by atomic mass is 10.2. The predicted molar refractivity (Wildman–Crippen MR) is 106 cm³/mol. The number of hydrogen-bond donors (Lipinski definition) is 4. The fourth-order valence-electron chi connectivity index (χ4n) is 2.27. The van der Waals surface area contributed by atoms with E-state index in [1.54, 1.807) is 0 Å². The Bertz CT molecular complexity index is 1260. The first-order valence-corrected chi connectivity index (χ1v) is 9.67. The number of nitrogens with zero attached hydrogens (tertiary/aromatic N) is 1. The van der Waals surface area contributed by atoms with E-state index in [0.717, 1.165) is 11.8 Å². The number of benzene rings is 2. The molecule has 0 bridgehead atoms. The highest BCUT2D eigenvalue weighted by Crippen LogP contribution is 2.14. The molecular formula is C18H15N5O5S. The Labute approximate surface area is 164 Å². The van der Waals surface area contributed by atoms with E-state index in [9.17, 15) is 22.8 Å². The summed E-state index contributed by atoms with van der Waals surface area (Å²) < 4.78 is 26.7. The number of hydrogen-bond acceptors (Lipinski definition) is 6. The second-order valence-electron chi connectivity index (χ2n) is 5.73. The number of carbonyl (C=O) groups is 1. The highest BCUT2D eigenvalue weighted by molar-refractivity contribution is 7.92. The van der Waals surface area contributed by atoms with Gasteiger partial charge in [-0.3, -0.25) is 19.3 Å². The monoisotopic (exact) mass is 413 g/mol. The quantitative estimate of drug-likeness (QED) is 0.345. The molecular weight excluding hydrogens is 398 g/mol. The molecule has 0 unspecified atom stereocenters. The number of carbonyl (C=O) groups excluding carboxylic acids is 1. The molecule has 29 heavy (non-hydrogen) atoms. The molecule has 1 heterocycles. The Hall–Kier alpha value is -3.99. The lowest BCUT2D eigenvalue weighted by Gasteiger charge is -2.07. The van der Waals surface area contributed by atoms with E-state index in [-0.39, 0.29) is 11.3 Å². The zero-order chi connectivity index (χ0) is 20.9. The molecule has 2 aromatic carbocycles. The third-order valence-corrected chi connectivity index (χ3v) is 5.04. The number of H-pyrrole nitrogens is 2. The van der Waals surface area contributed by atoms with Crippen molar-refractivity contribution in [2.75, 3.05) is 4.72 Å². The molecule has 0 saturated carbocycles. The van der Waals surface area contributed by atoms with Crippen molar-refractivity contribution >= 4 is 27.8 Å². The van der Waals surface area contributed by atoms with Crippen molar-refractivity contribution in [3.8, 4) is 0 Å². The van der Waals surface area contributed by atoms with Crippen LogP contribution in [0.1, 0.15) is 15.9 Å². The zero-order valence-electron chi connectivity index (χ0n) is 14.7. The summed E-state index contributed by atoms with van der Waals surface area (Å²) in [5, 5.41) is 3.85. The fraction of sp³-hybridized carbons (Fsp3) is 0. The number of anilines is 1. The zero-order valence-corrected chi connectivity index (χ0v) is 15.6. The van der Waals surface area contributed by atoms with Gasteiger partial charge in [0, 0.05) is 17.4 Å². The van der Waals surface area contributed by atoms with E-state index in [0.29, 0.717) is 0 Å². The van der Waals surface area contributed by atoms with Crippen molar-refractivity contribution in [1.82, 2.24) is 15.4 Å². The molecule has 0 fully saturated rings. The number of aromatic amines is 2. The van der Waals surface area contributed by atoms with Gasteiger partial charge in [-0.05, 0) is 29.8 Å². The summed E-state index contributed by atoms with van der Waals surface area (Å²) in [6, 6.07) is 14.7. The Kier molecular flexibility index (Phi) is 5.69. The average molecular weight is 413 g/mol. The van der Waals surface area contributed by atoms with Gasteiger partial charge in [-0.2, -0.15) is 5.10 Å². The largest absolute Gasteiger partial charge is 0.325 e. The van der Waals surface area contributed by atoms with Gasteiger partial charge in [-0.25, -0.2) is 18.6 Å². The highest BCUT2D eigenvalue weighted by atomic mass is 32.2. The highest BCUT2D eigenvalue weighted by Gasteiger charge is 2.19. The summed E-state index contributed by atoms with van der Waals surface area (Å²) in [5.74, 6) is -0.483.